The van der Waals surface area contributed by atoms with E-state index in [-0.39, 0.29) is 22.6 Å². The Bertz CT molecular complexity index is 1110. The van der Waals surface area contributed by atoms with E-state index in [1.807, 2.05) is 42.5 Å². The van der Waals surface area contributed by atoms with E-state index in [4.69, 9.17) is 5.11 Å². The van der Waals surface area contributed by atoms with E-state index in [1.54, 1.807) is 37.3 Å². The first-order valence-electron chi connectivity index (χ1n) is 9.86. The highest BCUT2D eigenvalue weighted by molar-refractivity contribution is 8.00. The van der Waals surface area contributed by atoms with Crippen LogP contribution in [-0.4, -0.2) is 28.1 Å². The van der Waals surface area contributed by atoms with Crippen LogP contribution in [0.1, 0.15) is 22.8 Å². The number of hydrogen-bond donors (Lipinski definition) is 3. The van der Waals surface area contributed by atoms with Crippen LogP contribution in [0.3, 0.4) is 0 Å². The van der Waals surface area contributed by atoms with Crippen molar-refractivity contribution >= 4 is 47.0 Å². The van der Waals surface area contributed by atoms with Crippen molar-refractivity contribution in [3.63, 3.8) is 0 Å². The van der Waals surface area contributed by atoms with Crippen molar-refractivity contribution < 1.29 is 19.5 Å². The standard InChI is InChI=1S/C25H22N2O4S/c1-17(24(29)27-21-10-8-19(9-11-21)25(30)31)32-22-14-12-20(13-15-22)26-23(28)16-7-18-5-3-2-4-6-18/h2-17H,1H3,(H,26,28)(H,27,29)(H,30,31)/b16-7+. The Kier molecular flexibility index (Phi) is 7.83. The van der Waals surface area contributed by atoms with Crippen LogP contribution >= 0.6 is 11.8 Å². The van der Waals surface area contributed by atoms with Gasteiger partial charge in [0.2, 0.25) is 11.8 Å². The van der Waals surface area contributed by atoms with Gasteiger partial charge in [0, 0.05) is 22.3 Å². The number of carboxylic acids is 1. The molecule has 0 saturated carbocycles. The molecular weight excluding hydrogens is 424 g/mol. The lowest BCUT2D eigenvalue weighted by Gasteiger charge is -2.12. The Morgan fingerprint density at radius 3 is 2.06 bits per heavy atom. The van der Waals surface area contributed by atoms with Gasteiger partial charge in [-0.3, -0.25) is 9.59 Å². The molecule has 32 heavy (non-hydrogen) atoms. The third-order valence-electron chi connectivity index (χ3n) is 4.43. The predicted octanol–water partition coefficient (Wildman–Crippen LogP) is 5.16. The number of nitrogens with one attached hydrogen (secondary N) is 2. The minimum Gasteiger partial charge on any atom is -0.478 e. The van der Waals surface area contributed by atoms with E-state index in [1.165, 1.54) is 30.0 Å². The second-order valence-electron chi connectivity index (χ2n) is 6.89. The Morgan fingerprint density at radius 2 is 1.44 bits per heavy atom. The molecule has 0 aliphatic carbocycles. The minimum absolute atomic E-state index is 0.160. The van der Waals surface area contributed by atoms with Crippen molar-refractivity contribution in [3.8, 4) is 0 Å². The zero-order valence-corrected chi connectivity index (χ0v) is 18.1. The van der Waals surface area contributed by atoms with E-state index >= 15 is 0 Å². The van der Waals surface area contributed by atoms with Gasteiger partial charge in [0.15, 0.2) is 0 Å². The number of carbonyl (C=O) groups excluding carboxylic acids is 2. The van der Waals surface area contributed by atoms with E-state index in [2.05, 4.69) is 10.6 Å². The van der Waals surface area contributed by atoms with Gasteiger partial charge in [0.25, 0.3) is 0 Å². The number of thioether (sulfide) groups is 1. The quantitative estimate of drug-likeness (QED) is 0.328. The van der Waals surface area contributed by atoms with Crippen molar-refractivity contribution in [2.75, 3.05) is 10.6 Å². The number of anilines is 2. The molecule has 7 heteroatoms. The van der Waals surface area contributed by atoms with Crippen LogP contribution in [0.2, 0.25) is 0 Å². The fraction of sp³-hybridized carbons (Fsp3) is 0.0800. The topological polar surface area (TPSA) is 95.5 Å². The van der Waals surface area contributed by atoms with Crippen LogP contribution in [0.5, 0.6) is 0 Å². The molecule has 6 nitrogen and oxygen atoms in total. The Balaban J connectivity index is 1.50. The minimum atomic E-state index is -1.02. The SMILES string of the molecule is CC(Sc1ccc(NC(=O)/C=C/c2ccccc2)cc1)C(=O)Nc1ccc(C(=O)O)cc1. The molecule has 0 heterocycles. The molecule has 3 aromatic carbocycles. The van der Waals surface area contributed by atoms with Crippen molar-refractivity contribution in [1.82, 2.24) is 0 Å². The molecular formula is C25H22N2O4S. The molecule has 0 aliphatic heterocycles. The first-order valence-corrected chi connectivity index (χ1v) is 10.7. The summed E-state index contributed by atoms with van der Waals surface area (Å²) in [4.78, 5) is 36.3. The normalized spacial score (nSPS) is 11.7. The molecule has 0 saturated heterocycles. The van der Waals surface area contributed by atoms with Crippen LogP contribution in [0.15, 0.2) is 89.8 Å². The predicted molar refractivity (Wildman–Crippen MR) is 128 cm³/mol. The van der Waals surface area contributed by atoms with Gasteiger partial charge in [-0.2, -0.15) is 0 Å². The maximum absolute atomic E-state index is 12.4. The highest BCUT2D eigenvalue weighted by Crippen LogP contribution is 2.25. The number of carboxylic acid groups (broad SMARTS) is 1. The smallest absolute Gasteiger partial charge is 0.335 e. The number of carbonyl (C=O) groups is 3. The average molecular weight is 447 g/mol. The summed E-state index contributed by atoms with van der Waals surface area (Å²) < 4.78 is 0. The first kappa shape index (κ1) is 22.8. The first-order chi connectivity index (χ1) is 15.4. The van der Waals surface area contributed by atoms with Crippen molar-refractivity contribution in [2.45, 2.75) is 17.1 Å². The second-order valence-corrected chi connectivity index (χ2v) is 8.30. The molecule has 0 bridgehead atoms. The van der Waals surface area contributed by atoms with Gasteiger partial charge in [-0.1, -0.05) is 30.3 Å². The van der Waals surface area contributed by atoms with E-state index in [0.29, 0.717) is 11.4 Å². The van der Waals surface area contributed by atoms with Crippen molar-refractivity contribution in [2.24, 2.45) is 0 Å². The molecule has 2 amide bonds. The molecule has 1 atom stereocenters. The van der Waals surface area contributed by atoms with Gasteiger partial charge < -0.3 is 15.7 Å². The number of rotatable bonds is 8. The van der Waals surface area contributed by atoms with E-state index in [0.717, 1.165) is 10.5 Å². The Hall–Kier alpha value is -3.84. The molecule has 3 aromatic rings. The Labute approximate surface area is 190 Å². The zero-order valence-electron chi connectivity index (χ0n) is 17.3. The van der Waals surface area contributed by atoms with Crippen LogP contribution in [0, 0.1) is 0 Å². The fourth-order valence-corrected chi connectivity index (χ4v) is 3.60. The lowest BCUT2D eigenvalue weighted by molar-refractivity contribution is -0.115. The average Bonchev–Trinajstić information content (AvgIpc) is 2.80. The lowest BCUT2D eigenvalue weighted by Crippen LogP contribution is -2.22. The van der Waals surface area contributed by atoms with E-state index < -0.39 is 5.97 Å². The van der Waals surface area contributed by atoms with E-state index in [9.17, 15) is 14.4 Å². The summed E-state index contributed by atoms with van der Waals surface area (Å²) in [5.41, 5.74) is 2.30. The van der Waals surface area contributed by atoms with Gasteiger partial charge in [0.1, 0.15) is 0 Å². The maximum atomic E-state index is 12.4. The van der Waals surface area contributed by atoms with Gasteiger partial charge in [-0.05, 0) is 67.1 Å². The monoisotopic (exact) mass is 446 g/mol. The molecule has 3 N–H and O–H groups in total. The van der Waals surface area contributed by atoms with Gasteiger partial charge in [-0.15, -0.1) is 11.8 Å². The number of hydrogen-bond acceptors (Lipinski definition) is 4. The molecule has 0 aromatic heterocycles. The molecule has 3 rings (SSSR count). The largest absolute Gasteiger partial charge is 0.478 e. The summed E-state index contributed by atoms with van der Waals surface area (Å²) in [5, 5.41) is 14.1. The van der Waals surface area contributed by atoms with Crippen molar-refractivity contribution in [1.29, 1.82) is 0 Å². The summed E-state index contributed by atoms with van der Waals surface area (Å²) in [6.07, 6.45) is 3.22. The maximum Gasteiger partial charge on any atom is 0.335 e. The number of benzene rings is 3. The summed E-state index contributed by atoms with van der Waals surface area (Å²) in [6.45, 7) is 1.79. The molecule has 0 spiro atoms. The van der Waals surface area contributed by atoms with Gasteiger partial charge >= 0.3 is 5.97 Å². The lowest BCUT2D eigenvalue weighted by atomic mass is 10.2. The van der Waals surface area contributed by atoms with Crippen LogP contribution in [0.25, 0.3) is 6.08 Å². The summed E-state index contributed by atoms with van der Waals surface area (Å²) in [7, 11) is 0. The molecule has 0 fully saturated rings. The summed E-state index contributed by atoms with van der Waals surface area (Å²) >= 11 is 1.38. The molecule has 1 unspecified atom stereocenters. The fourth-order valence-electron chi connectivity index (χ4n) is 2.73. The summed E-state index contributed by atoms with van der Waals surface area (Å²) in [6, 6.07) is 22.8. The second kappa shape index (κ2) is 11.0. The van der Waals surface area contributed by atoms with Crippen LogP contribution in [-0.2, 0) is 9.59 Å². The molecule has 0 radical (unpaired) electrons. The number of aromatic carboxylic acids is 1. The van der Waals surface area contributed by atoms with Crippen LogP contribution < -0.4 is 10.6 Å². The molecule has 162 valence electrons. The third-order valence-corrected chi connectivity index (χ3v) is 5.54. The third kappa shape index (κ3) is 6.85. The number of amides is 2. The van der Waals surface area contributed by atoms with Crippen LogP contribution in [0.4, 0.5) is 11.4 Å². The molecule has 0 aliphatic rings. The Morgan fingerprint density at radius 1 is 0.844 bits per heavy atom. The van der Waals surface area contributed by atoms with Gasteiger partial charge in [-0.25, -0.2) is 4.79 Å². The highest BCUT2D eigenvalue weighted by atomic mass is 32.2. The zero-order chi connectivity index (χ0) is 22.9. The van der Waals surface area contributed by atoms with Crippen molar-refractivity contribution in [3.05, 3.63) is 96.1 Å². The summed E-state index contributed by atoms with van der Waals surface area (Å²) in [5.74, 6) is -1.43. The van der Waals surface area contributed by atoms with Gasteiger partial charge in [0.05, 0.1) is 10.8 Å². The highest BCUT2D eigenvalue weighted by Gasteiger charge is 2.15.